The van der Waals surface area contributed by atoms with Crippen LogP contribution in [0.2, 0.25) is 0 Å². The smallest absolute Gasteiger partial charge is 0.198 e. The van der Waals surface area contributed by atoms with E-state index in [4.69, 9.17) is 4.42 Å². The lowest BCUT2D eigenvalue weighted by Gasteiger charge is -2.42. The maximum Gasteiger partial charge on any atom is 0.198 e. The monoisotopic (exact) mass is 897 g/mol. The first-order valence-electron chi connectivity index (χ1n) is 24.5. The molecular formula is C63H54BN2OS. The molecule has 0 saturated heterocycles. The van der Waals surface area contributed by atoms with E-state index >= 15 is 0 Å². The van der Waals surface area contributed by atoms with Crippen LogP contribution in [0.4, 0.5) is 11.4 Å². The van der Waals surface area contributed by atoms with Crippen molar-refractivity contribution in [1.29, 1.82) is 0 Å². The van der Waals surface area contributed by atoms with Crippen LogP contribution < -0.4 is 16.2 Å². The van der Waals surface area contributed by atoms with Crippen LogP contribution in [0.15, 0.2) is 138 Å². The number of hydrogen-bond acceptors (Lipinski definition) is 3. The molecule has 5 heteroatoms. The minimum Gasteiger partial charge on any atom is -0.455 e. The maximum absolute atomic E-state index is 7.35. The van der Waals surface area contributed by atoms with Crippen molar-refractivity contribution in [3.8, 4) is 27.9 Å². The summed E-state index contributed by atoms with van der Waals surface area (Å²) in [7, 11) is 2.53. The van der Waals surface area contributed by atoms with Crippen LogP contribution in [-0.4, -0.2) is 11.8 Å². The second-order valence-electron chi connectivity index (χ2n) is 23.0. The highest BCUT2D eigenvalue weighted by atomic mass is 32.1. The van der Waals surface area contributed by atoms with E-state index < -0.39 is 0 Å². The highest BCUT2D eigenvalue weighted by Gasteiger charge is 2.41. The third-order valence-electron chi connectivity index (χ3n) is 16.6. The molecule has 0 saturated carbocycles. The molecule has 11 aromatic rings. The molecule has 0 bridgehead atoms. The molecule has 4 heterocycles. The number of anilines is 2. The molecule has 1 aliphatic heterocycles. The van der Waals surface area contributed by atoms with Gasteiger partial charge in [0.05, 0.1) is 16.4 Å². The third-order valence-corrected chi connectivity index (χ3v) is 17.8. The Morgan fingerprint density at radius 1 is 0.603 bits per heavy atom. The largest absolute Gasteiger partial charge is 0.455 e. The van der Waals surface area contributed by atoms with Crippen molar-refractivity contribution in [3.05, 3.63) is 161 Å². The van der Waals surface area contributed by atoms with Crippen LogP contribution >= 0.6 is 11.3 Å². The molecule has 0 fully saturated rings. The van der Waals surface area contributed by atoms with Gasteiger partial charge >= 0.3 is 0 Å². The predicted octanol–water partition coefficient (Wildman–Crippen LogP) is 16.4. The zero-order valence-corrected chi connectivity index (χ0v) is 41.3. The van der Waals surface area contributed by atoms with Gasteiger partial charge in [-0.1, -0.05) is 141 Å². The summed E-state index contributed by atoms with van der Waals surface area (Å²) in [6.45, 7) is 21.4. The van der Waals surface area contributed by atoms with Gasteiger partial charge in [0.1, 0.15) is 11.2 Å². The molecule has 1 radical (unpaired) electrons. The quantitative estimate of drug-likeness (QED) is 0.179. The first-order chi connectivity index (χ1) is 32.6. The van der Waals surface area contributed by atoms with Crippen molar-refractivity contribution in [3.63, 3.8) is 0 Å². The van der Waals surface area contributed by atoms with Crippen LogP contribution in [0.25, 0.3) is 91.9 Å². The Morgan fingerprint density at radius 3 is 2.09 bits per heavy atom. The summed E-state index contributed by atoms with van der Waals surface area (Å²) in [5.74, 6) is 0. The molecule has 0 unspecified atom stereocenters. The number of para-hydroxylation sites is 1. The van der Waals surface area contributed by atoms with E-state index in [1.807, 2.05) is 11.3 Å². The van der Waals surface area contributed by atoms with Crippen molar-refractivity contribution in [2.24, 2.45) is 0 Å². The Labute approximate surface area is 403 Å². The summed E-state index contributed by atoms with van der Waals surface area (Å²) in [4.78, 5) is 0. The van der Waals surface area contributed by atoms with Gasteiger partial charge in [-0.15, -0.1) is 11.3 Å². The predicted molar refractivity (Wildman–Crippen MR) is 293 cm³/mol. The third kappa shape index (κ3) is 5.43. The summed E-state index contributed by atoms with van der Waals surface area (Å²) < 4.78 is 12.6. The van der Waals surface area contributed by atoms with Crippen molar-refractivity contribution in [1.82, 2.24) is 4.57 Å². The lowest BCUT2D eigenvalue weighted by atomic mass is 9.58. The molecule has 1 N–H and O–H groups in total. The average Bonchev–Trinajstić information content (AvgIpc) is 4.04. The van der Waals surface area contributed by atoms with Crippen molar-refractivity contribution in [2.75, 3.05) is 5.32 Å². The highest BCUT2D eigenvalue weighted by molar-refractivity contribution is 7.26. The van der Waals surface area contributed by atoms with Crippen LogP contribution in [0.5, 0.6) is 0 Å². The molecule has 3 nitrogen and oxygen atoms in total. The maximum atomic E-state index is 7.35. The molecular weight excluding hydrogens is 844 g/mol. The summed E-state index contributed by atoms with van der Waals surface area (Å²) >= 11 is 1.90. The number of hydrogen-bond donors (Lipinski definition) is 1. The van der Waals surface area contributed by atoms with Crippen LogP contribution in [0.3, 0.4) is 0 Å². The van der Waals surface area contributed by atoms with Gasteiger partial charge in [-0.05, 0) is 140 Å². The molecule has 68 heavy (non-hydrogen) atoms. The number of aromatic nitrogens is 1. The second kappa shape index (κ2) is 13.4. The van der Waals surface area contributed by atoms with Crippen molar-refractivity contribution >= 4 is 105 Å². The SMILES string of the molecule is CC(C)(C)c1ccc(Nc2cc3c(cc2-c2c4c5c(c6cc7c(cc6n5-c5cc6c(cc5[B]4)sc4ccccc46)C(C)(C)CCC7(C)C)c4oc5ccccc5c24)-c2ccccc2C3(C)C)cc1. The van der Waals surface area contributed by atoms with Gasteiger partial charge in [0.25, 0.3) is 0 Å². The van der Waals surface area contributed by atoms with Gasteiger partial charge in [0.2, 0.25) is 0 Å². The van der Waals surface area contributed by atoms with Gasteiger partial charge in [-0.3, -0.25) is 0 Å². The van der Waals surface area contributed by atoms with E-state index in [-0.39, 0.29) is 21.7 Å². The van der Waals surface area contributed by atoms with Gasteiger partial charge in [0.15, 0.2) is 7.28 Å². The van der Waals surface area contributed by atoms with Gasteiger partial charge in [0, 0.05) is 64.4 Å². The normalized spacial score (nSPS) is 16.4. The lowest BCUT2D eigenvalue weighted by Crippen LogP contribution is -2.37. The van der Waals surface area contributed by atoms with Gasteiger partial charge in [-0.25, -0.2) is 0 Å². The van der Waals surface area contributed by atoms with E-state index in [9.17, 15) is 0 Å². The second-order valence-corrected chi connectivity index (χ2v) is 24.1. The zero-order chi connectivity index (χ0) is 46.4. The minimum atomic E-state index is -0.180. The zero-order valence-electron chi connectivity index (χ0n) is 40.5. The molecule has 0 atom stereocenters. The van der Waals surface area contributed by atoms with E-state index in [1.165, 1.54) is 114 Å². The standard InChI is InChI=1S/C63H54BN2OS/c1-60(2,3)34-22-24-35(25-23-34)65-48-31-44-39(36-16-10-13-19-43(36)63(44,8)9)28-41(48)54-55-38-18-11-14-20-51(38)67-59(55)56-42-29-45-46(62(6,7)27-26-61(45,4)5)32-49(42)66-50-30-40-37-17-12-15-21-52(37)68-53(40)33-47(50)64-57(54)58(56)66/h10-25,28-33,65H,26-27H2,1-9H3. The fourth-order valence-electron chi connectivity index (χ4n) is 12.7. The highest BCUT2D eigenvalue weighted by Crippen LogP contribution is 2.55. The van der Waals surface area contributed by atoms with Crippen LogP contribution in [0, 0.1) is 0 Å². The van der Waals surface area contributed by atoms with Crippen LogP contribution in [0.1, 0.15) is 103 Å². The first kappa shape index (κ1) is 40.5. The van der Waals surface area contributed by atoms with Crippen molar-refractivity contribution < 1.29 is 4.42 Å². The number of fused-ring (bicyclic) bond motifs is 16. The lowest BCUT2D eigenvalue weighted by molar-refractivity contribution is 0.332. The first-order valence-corrected chi connectivity index (χ1v) is 25.4. The van der Waals surface area contributed by atoms with E-state index in [0.29, 0.717) is 0 Å². The Kier molecular flexibility index (Phi) is 7.96. The molecule has 2 aliphatic carbocycles. The summed E-state index contributed by atoms with van der Waals surface area (Å²) in [6.07, 6.45) is 2.31. The number of rotatable bonds is 3. The molecule has 331 valence electrons. The Bertz CT molecular complexity index is 4030. The number of thiophene rings is 1. The molecule has 0 amide bonds. The van der Waals surface area contributed by atoms with Crippen molar-refractivity contribution in [2.45, 2.75) is 96.8 Å². The summed E-state index contributed by atoms with van der Waals surface area (Å²) in [5, 5.41) is 11.5. The van der Waals surface area contributed by atoms with Gasteiger partial charge in [-0.2, -0.15) is 0 Å². The average molecular weight is 898 g/mol. The van der Waals surface area contributed by atoms with E-state index in [2.05, 4.69) is 213 Å². The summed E-state index contributed by atoms with van der Waals surface area (Å²) in [5.41, 5.74) is 22.1. The fraction of sp³-hybridized carbons (Fsp3) is 0.238. The molecule has 3 aliphatic rings. The van der Waals surface area contributed by atoms with Gasteiger partial charge < -0.3 is 14.3 Å². The Balaban J connectivity index is 1.17. The number of nitrogens with one attached hydrogen (secondary N) is 1. The minimum absolute atomic E-state index is 0.0370. The fourth-order valence-corrected chi connectivity index (χ4v) is 13.9. The topological polar surface area (TPSA) is 30.1 Å². The van der Waals surface area contributed by atoms with E-state index in [1.54, 1.807) is 0 Å². The van der Waals surface area contributed by atoms with Crippen LogP contribution in [-0.2, 0) is 21.7 Å². The number of benzene rings is 8. The molecule has 3 aromatic heterocycles. The summed E-state index contributed by atoms with van der Waals surface area (Å²) in [6, 6.07) is 50.9. The molecule has 8 aromatic carbocycles. The molecule has 0 spiro atoms. The number of nitrogens with zero attached hydrogens (tertiary/aromatic N) is 1. The van der Waals surface area contributed by atoms with E-state index in [0.717, 1.165) is 40.8 Å². The Morgan fingerprint density at radius 2 is 1.31 bits per heavy atom. The molecule has 14 rings (SSSR count). The Hall–Kier alpha value is -6.56. The number of furan rings is 1.